The van der Waals surface area contributed by atoms with Crippen LogP contribution in [0.25, 0.3) is 0 Å². The lowest BCUT2D eigenvalue weighted by molar-refractivity contribution is -0.161. The highest BCUT2D eigenvalue weighted by atomic mass is 16.3. The summed E-state index contributed by atoms with van der Waals surface area (Å²) in [6, 6.07) is 0. The van der Waals surface area contributed by atoms with Gasteiger partial charge in [0.15, 0.2) is 0 Å². The highest BCUT2D eigenvalue weighted by Crippen LogP contribution is 2.66. The van der Waals surface area contributed by atoms with Gasteiger partial charge in [0.2, 0.25) is 0 Å². The van der Waals surface area contributed by atoms with Gasteiger partial charge in [-0.3, -0.25) is 0 Å². The molecular formula is C19H32O2. The van der Waals surface area contributed by atoms with E-state index in [0.29, 0.717) is 17.3 Å². The molecule has 2 nitrogen and oxygen atoms in total. The Hall–Kier alpha value is -0.0800. The summed E-state index contributed by atoms with van der Waals surface area (Å²) in [4.78, 5) is 0. The molecule has 0 heterocycles. The number of rotatable bonds is 0. The predicted molar refractivity (Wildman–Crippen MR) is 83.7 cm³/mol. The van der Waals surface area contributed by atoms with Crippen molar-refractivity contribution in [1.82, 2.24) is 0 Å². The highest BCUT2D eigenvalue weighted by molar-refractivity contribution is 5.09. The lowest BCUT2D eigenvalue weighted by Gasteiger charge is -2.61. The van der Waals surface area contributed by atoms with E-state index in [1.54, 1.807) is 0 Å². The summed E-state index contributed by atoms with van der Waals surface area (Å²) in [7, 11) is 0. The monoisotopic (exact) mass is 292 g/mol. The molecule has 0 aromatic heterocycles. The van der Waals surface area contributed by atoms with E-state index in [0.717, 1.165) is 31.1 Å². The molecule has 4 fully saturated rings. The third-order valence-electron chi connectivity index (χ3n) is 8.55. The summed E-state index contributed by atoms with van der Waals surface area (Å²) >= 11 is 0. The van der Waals surface area contributed by atoms with Crippen molar-refractivity contribution in [2.24, 2.45) is 34.5 Å². The van der Waals surface area contributed by atoms with Crippen LogP contribution < -0.4 is 0 Å². The fourth-order valence-corrected chi connectivity index (χ4v) is 7.19. The Morgan fingerprint density at radius 3 is 2.43 bits per heavy atom. The molecule has 0 amide bonds. The lowest BCUT2D eigenvalue weighted by atomic mass is 9.44. The average Bonchev–Trinajstić information content (AvgIpc) is 2.85. The van der Waals surface area contributed by atoms with E-state index < -0.39 is 0 Å². The van der Waals surface area contributed by atoms with E-state index in [4.69, 9.17) is 0 Å². The van der Waals surface area contributed by atoms with Crippen molar-refractivity contribution < 1.29 is 10.2 Å². The molecule has 3 unspecified atom stereocenters. The van der Waals surface area contributed by atoms with Gasteiger partial charge in [-0.1, -0.05) is 20.3 Å². The summed E-state index contributed by atoms with van der Waals surface area (Å²) in [5.74, 6) is 3.00. The first-order valence-corrected chi connectivity index (χ1v) is 9.31. The third kappa shape index (κ3) is 1.91. The van der Waals surface area contributed by atoms with Crippen molar-refractivity contribution >= 4 is 0 Å². The van der Waals surface area contributed by atoms with Gasteiger partial charge in [0.05, 0.1) is 12.2 Å². The van der Waals surface area contributed by atoms with Crippen molar-refractivity contribution in [1.29, 1.82) is 0 Å². The number of fused-ring (bicyclic) bond motifs is 5. The average molecular weight is 292 g/mol. The molecular weight excluding hydrogens is 260 g/mol. The smallest absolute Gasteiger partial charge is 0.0599 e. The number of aliphatic hydroxyl groups excluding tert-OH is 2. The first kappa shape index (κ1) is 14.5. The van der Waals surface area contributed by atoms with Gasteiger partial charge in [-0.2, -0.15) is 0 Å². The van der Waals surface area contributed by atoms with Crippen molar-refractivity contribution in [3.05, 3.63) is 0 Å². The second kappa shape index (κ2) is 4.71. The summed E-state index contributed by atoms with van der Waals surface area (Å²) in [5, 5.41) is 20.9. The second-order valence-electron chi connectivity index (χ2n) is 9.23. The minimum Gasteiger partial charge on any atom is -0.393 e. The van der Waals surface area contributed by atoms with E-state index in [1.165, 1.54) is 38.5 Å². The quantitative estimate of drug-likeness (QED) is 0.714. The summed E-state index contributed by atoms with van der Waals surface area (Å²) in [6.07, 6.45) is 10.6. The van der Waals surface area contributed by atoms with Crippen LogP contribution in [0.5, 0.6) is 0 Å². The van der Waals surface area contributed by atoms with E-state index in [-0.39, 0.29) is 17.6 Å². The Morgan fingerprint density at radius 2 is 1.62 bits per heavy atom. The highest BCUT2D eigenvalue weighted by Gasteiger charge is 2.60. The van der Waals surface area contributed by atoms with E-state index in [9.17, 15) is 10.2 Å². The minimum atomic E-state index is -0.0892. The molecule has 0 aromatic rings. The van der Waals surface area contributed by atoms with Crippen LogP contribution in [0, 0.1) is 34.5 Å². The van der Waals surface area contributed by atoms with Gasteiger partial charge >= 0.3 is 0 Å². The molecule has 4 rings (SSSR count). The van der Waals surface area contributed by atoms with Crippen molar-refractivity contribution in [2.45, 2.75) is 83.8 Å². The number of hydrogen-bond donors (Lipinski definition) is 2. The zero-order chi connectivity index (χ0) is 14.8. The van der Waals surface area contributed by atoms with Crippen molar-refractivity contribution in [3.63, 3.8) is 0 Å². The van der Waals surface area contributed by atoms with Gasteiger partial charge in [-0.25, -0.2) is 0 Å². The molecule has 0 aromatic carbocycles. The Kier molecular flexibility index (Phi) is 3.25. The van der Waals surface area contributed by atoms with Gasteiger partial charge in [0.25, 0.3) is 0 Å². The fraction of sp³-hybridized carbons (Fsp3) is 1.00. The lowest BCUT2D eigenvalue weighted by Crippen LogP contribution is -2.57. The van der Waals surface area contributed by atoms with Crippen LogP contribution >= 0.6 is 0 Å². The van der Waals surface area contributed by atoms with E-state index in [2.05, 4.69) is 13.8 Å². The Bertz CT molecular complexity index is 422. The molecule has 4 aliphatic carbocycles. The van der Waals surface area contributed by atoms with Gasteiger partial charge in [-0.15, -0.1) is 0 Å². The largest absolute Gasteiger partial charge is 0.393 e. The SMILES string of the molecule is C[C@@]12CCC[C@H]1[C@@H]1CCC3CC(O)CC[C@]3(C)[C@H]1CC2O. The third-order valence-corrected chi connectivity index (χ3v) is 8.55. The Labute approximate surface area is 129 Å². The summed E-state index contributed by atoms with van der Waals surface area (Å²) in [6.45, 7) is 4.86. The second-order valence-corrected chi connectivity index (χ2v) is 9.23. The van der Waals surface area contributed by atoms with Crippen LogP contribution in [-0.4, -0.2) is 22.4 Å². The predicted octanol–water partition coefficient (Wildman–Crippen LogP) is 3.75. The maximum atomic E-state index is 10.9. The Morgan fingerprint density at radius 1 is 0.810 bits per heavy atom. The van der Waals surface area contributed by atoms with Crippen LogP contribution in [-0.2, 0) is 0 Å². The van der Waals surface area contributed by atoms with Crippen molar-refractivity contribution in [2.75, 3.05) is 0 Å². The van der Waals surface area contributed by atoms with Crippen LogP contribution in [0.1, 0.15) is 71.6 Å². The summed E-state index contributed by atoms with van der Waals surface area (Å²) in [5.41, 5.74) is 0.589. The molecule has 2 N–H and O–H groups in total. The molecule has 4 saturated carbocycles. The van der Waals surface area contributed by atoms with E-state index in [1.807, 2.05) is 0 Å². The molecule has 120 valence electrons. The van der Waals surface area contributed by atoms with Crippen LogP contribution in [0.3, 0.4) is 0 Å². The van der Waals surface area contributed by atoms with E-state index >= 15 is 0 Å². The zero-order valence-electron chi connectivity index (χ0n) is 13.7. The molecule has 8 atom stereocenters. The first-order chi connectivity index (χ1) is 9.95. The van der Waals surface area contributed by atoms with Crippen molar-refractivity contribution in [3.8, 4) is 0 Å². The molecule has 0 saturated heterocycles. The molecule has 4 aliphatic rings. The molecule has 21 heavy (non-hydrogen) atoms. The molecule has 0 spiro atoms. The fourth-order valence-electron chi connectivity index (χ4n) is 7.19. The van der Waals surface area contributed by atoms with Crippen LogP contribution in [0.2, 0.25) is 0 Å². The minimum absolute atomic E-state index is 0.0649. The molecule has 0 bridgehead atoms. The van der Waals surface area contributed by atoms with Crippen LogP contribution in [0.4, 0.5) is 0 Å². The molecule has 0 aliphatic heterocycles. The topological polar surface area (TPSA) is 40.5 Å². The Balaban J connectivity index is 1.66. The molecule has 0 radical (unpaired) electrons. The standard InChI is InChI=1S/C19H32O2/c1-18-9-7-13(20)10-12(18)5-6-14-15-4-3-8-19(15,2)17(21)11-16(14)18/h12-17,20-21H,3-11H2,1-2H3/t12?,13?,14-,15-,16-,17?,18-,19+/m0/s1. The summed E-state index contributed by atoms with van der Waals surface area (Å²) < 4.78 is 0. The van der Waals surface area contributed by atoms with Gasteiger partial charge in [0.1, 0.15) is 0 Å². The van der Waals surface area contributed by atoms with Gasteiger partial charge < -0.3 is 10.2 Å². The molecule has 2 heteroatoms. The normalized spacial score (nSPS) is 60.0. The number of aliphatic hydroxyl groups is 2. The van der Waals surface area contributed by atoms with Gasteiger partial charge in [0, 0.05) is 0 Å². The maximum Gasteiger partial charge on any atom is 0.0599 e. The zero-order valence-corrected chi connectivity index (χ0v) is 13.7. The maximum absolute atomic E-state index is 10.9. The first-order valence-electron chi connectivity index (χ1n) is 9.31. The van der Waals surface area contributed by atoms with Gasteiger partial charge in [-0.05, 0) is 85.9 Å². The number of hydrogen-bond acceptors (Lipinski definition) is 2. The van der Waals surface area contributed by atoms with Crippen LogP contribution in [0.15, 0.2) is 0 Å².